The summed E-state index contributed by atoms with van der Waals surface area (Å²) >= 11 is 12.2. The lowest BCUT2D eigenvalue weighted by Crippen LogP contribution is -2.45. The fourth-order valence-corrected chi connectivity index (χ4v) is 5.61. The highest BCUT2D eigenvalue weighted by molar-refractivity contribution is 6.31. The number of carbonyl (C=O) groups excluding carboxylic acids is 1. The van der Waals surface area contributed by atoms with E-state index in [1.165, 1.54) is 48.7 Å². The van der Waals surface area contributed by atoms with Crippen LogP contribution in [0.5, 0.6) is 0 Å². The Kier molecular flexibility index (Phi) is 7.67. The minimum atomic E-state index is -1.72. The molecule has 0 spiro atoms. The first kappa shape index (κ1) is 27.8. The van der Waals surface area contributed by atoms with Gasteiger partial charge in [-0.3, -0.25) is 9.59 Å². The van der Waals surface area contributed by atoms with Crippen LogP contribution in [0.25, 0.3) is 0 Å². The van der Waals surface area contributed by atoms with E-state index >= 15 is 8.78 Å². The molecule has 10 heteroatoms. The Hall–Kier alpha value is -3.25. The Morgan fingerprint density at radius 3 is 2.50 bits per heavy atom. The highest BCUT2D eigenvalue weighted by Gasteiger charge is 2.61. The molecule has 0 aliphatic carbocycles. The van der Waals surface area contributed by atoms with Crippen LogP contribution in [0.2, 0.25) is 10.0 Å². The molecule has 1 aliphatic heterocycles. The molecule has 38 heavy (non-hydrogen) atoms. The molecule has 3 aromatic rings. The molecule has 6 nitrogen and oxygen atoms in total. The number of halogens is 4. The van der Waals surface area contributed by atoms with Crippen LogP contribution in [0, 0.1) is 28.4 Å². The Morgan fingerprint density at radius 2 is 1.89 bits per heavy atom. The number of pyridine rings is 1. The second-order valence-corrected chi connectivity index (χ2v) is 11.5. The SMILES string of the molecule is CC(C)(C)CC1N[C@@H](C(=O)Nc2ccc(=O)[nH]c2)C(c2cccc(Cl)c2F)[C@@]1(C#N)c1ccc(Cl)cc1F. The molecular weight excluding hydrogens is 533 g/mol. The molecule has 1 fully saturated rings. The number of benzene rings is 2. The number of nitrogens with zero attached hydrogens (tertiary/aromatic N) is 1. The molecule has 4 atom stereocenters. The Bertz CT molecular complexity index is 1460. The van der Waals surface area contributed by atoms with E-state index in [0.29, 0.717) is 12.1 Å². The largest absolute Gasteiger partial charge is 0.327 e. The first-order valence-corrected chi connectivity index (χ1v) is 12.7. The van der Waals surface area contributed by atoms with E-state index in [1.54, 1.807) is 0 Å². The van der Waals surface area contributed by atoms with Gasteiger partial charge >= 0.3 is 0 Å². The first-order chi connectivity index (χ1) is 17.9. The molecule has 2 unspecified atom stereocenters. The summed E-state index contributed by atoms with van der Waals surface area (Å²) in [6.07, 6.45) is 1.68. The molecule has 2 heterocycles. The summed E-state index contributed by atoms with van der Waals surface area (Å²) in [6, 6.07) is 11.3. The molecule has 198 valence electrons. The number of H-pyrrole nitrogens is 1. The molecule has 2 aromatic carbocycles. The number of hydrogen-bond acceptors (Lipinski definition) is 4. The van der Waals surface area contributed by atoms with Crippen LogP contribution in [0.4, 0.5) is 14.5 Å². The number of anilines is 1. The monoisotopic (exact) mass is 558 g/mol. The van der Waals surface area contributed by atoms with Crippen molar-refractivity contribution < 1.29 is 13.6 Å². The van der Waals surface area contributed by atoms with Crippen molar-refractivity contribution in [3.8, 4) is 6.07 Å². The van der Waals surface area contributed by atoms with Gasteiger partial charge in [-0.2, -0.15) is 5.26 Å². The number of aromatic amines is 1. The zero-order valence-corrected chi connectivity index (χ0v) is 22.4. The Labute approximate surface area is 229 Å². The number of nitriles is 1. The predicted molar refractivity (Wildman–Crippen MR) is 143 cm³/mol. The van der Waals surface area contributed by atoms with Crippen LogP contribution < -0.4 is 16.2 Å². The van der Waals surface area contributed by atoms with Crippen LogP contribution in [0.15, 0.2) is 59.5 Å². The normalized spacial score (nSPS) is 23.2. The number of amides is 1. The number of carbonyl (C=O) groups is 1. The van der Waals surface area contributed by atoms with Gasteiger partial charge in [0.2, 0.25) is 11.5 Å². The maximum absolute atomic E-state index is 15.6. The van der Waals surface area contributed by atoms with Crippen LogP contribution in [0.1, 0.15) is 44.2 Å². The summed E-state index contributed by atoms with van der Waals surface area (Å²) in [5, 5.41) is 16.7. The average Bonchev–Trinajstić information content (AvgIpc) is 3.15. The molecule has 0 bridgehead atoms. The molecule has 1 saturated heterocycles. The van der Waals surface area contributed by atoms with Crippen molar-refractivity contribution in [1.82, 2.24) is 10.3 Å². The van der Waals surface area contributed by atoms with Gasteiger partial charge in [0.05, 0.1) is 22.8 Å². The van der Waals surface area contributed by atoms with Gasteiger partial charge in [0.15, 0.2) is 0 Å². The number of hydrogen-bond donors (Lipinski definition) is 3. The van der Waals surface area contributed by atoms with Gasteiger partial charge in [-0.05, 0) is 41.7 Å². The maximum atomic E-state index is 15.6. The van der Waals surface area contributed by atoms with E-state index in [1.807, 2.05) is 20.8 Å². The molecule has 0 saturated carbocycles. The average molecular weight is 559 g/mol. The smallest absolute Gasteiger partial charge is 0.248 e. The zero-order valence-electron chi connectivity index (χ0n) is 20.9. The quantitative estimate of drug-likeness (QED) is 0.362. The molecule has 0 radical (unpaired) electrons. The second-order valence-electron chi connectivity index (χ2n) is 10.6. The predicted octanol–water partition coefficient (Wildman–Crippen LogP) is 5.92. The standard InChI is InChI=1S/C28H26Cl2F2N4O2/c1-27(2,3)12-21-28(14-33,18-9-7-15(29)11-20(18)31)23(17-5-4-6-19(30)24(17)32)25(36-21)26(38)35-16-8-10-22(37)34-13-16/h4-11,13,21,23,25,36H,12H2,1-3H3,(H,34,37)(H,35,38)/t21?,23?,25-,28+/m1/s1. The molecule has 4 rings (SSSR count). The summed E-state index contributed by atoms with van der Waals surface area (Å²) < 4.78 is 31.2. The van der Waals surface area contributed by atoms with Crippen molar-refractivity contribution in [2.24, 2.45) is 5.41 Å². The molecule has 3 N–H and O–H groups in total. The molecule has 1 amide bonds. The van der Waals surface area contributed by atoms with Crippen molar-refractivity contribution in [1.29, 1.82) is 5.26 Å². The van der Waals surface area contributed by atoms with Gasteiger partial charge in [-0.25, -0.2) is 8.78 Å². The lowest BCUT2D eigenvalue weighted by molar-refractivity contribution is -0.118. The lowest BCUT2D eigenvalue weighted by atomic mass is 9.62. The van der Waals surface area contributed by atoms with Gasteiger partial charge in [0.25, 0.3) is 0 Å². The van der Waals surface area contributed by atoms with Gasteiger partial charge in [-0.1, -0.05) is 62.2 Å². The molecular formula is C28H26Cl2F2N4O2. The van der Waals surface area contributed by atoms with Gasteiger partial charge < -0.3 is 15.6 Å². The van der Waals surface area contributed by atoms with E-state index in [0.717, 1.165) is 6.07 Å². The van der Waals surface area contributed by atoms with Gasteiger partial charge in [0.1, 0.15) is 17.0 Å². The molecule has 1 aliphatic rings. The van der Waals surface area contributed by atoms with E-state index in [2.05, 4.69) is 21.7 Å². The van der Waals surface area contributed by atoms with Gasteiger partial charge in [-0.15, -0.1) is 0 Å². The lowest BCUT2D eigenvalue weighted by Gasteiger charge is -2.37. The summed E-state index contributed by atoms with van der Waals surface area (Å²) in [5.74, 6) is -3.31. The summed E-state index contributed by atoms with van der Waals surface area (Å²) in [7, 11) is 0. The van der Waals surface area contributed by atoms with Crippen molar-refractivity contribution in [3.63, 3.8) is 0 Å². The number of nitrogens with one attached hydrogen (secondary N) is 3. The summed E-state index contributed by atoms with van der Waals surface area (Å²) in [6.45, 7) is 5.87. The third kappa shape index (κ3) is 5.19. The van der Waals surface area contributed by atoms with E-state index in [9.17, 15) is 14.9 Å². The Morgan fingerprint density at radius 1 is 1.16 bits per heavy atom. The first-order valence-electron chi connectivity index (χ1n) is 11.9. The van der Waals surface area contributed by atoms with Crippen molar-refractivity contribution in [2.75, 3.05) is 5.32 Å². The maximum Gasteiger partial charge on any atom is 0.248 e. The van der Waals surface area contributed by atoms with Crippen LogP contribution in [0.3, 0.4) is 0 Å². The summed E-state index contributed by atoms with van der Waals surface area (Å²) in [4.78, 5) is 27.7. The fourth-order valence-electron chi connectivity index (χ4n) is 5.27. The summed E-state index contributed by atoms with van der Waals surface area (Å²) in [5.41, 5.74) is -2.15. The third-order valence-electron chi connectivity index (χ3n) is 6.78. The highest BCUT2D eigenvalue weighted by atomic mass is 35.5. The van der Waals surface area contributed by atoms with E-state index < -0.39 is 41.0 Å². The number of rotatable bonds is 5. The van der Waals surface area contributed by atoms with E-state index in [-0.39, 0.29) is 32.1 Å². The van der Waals surface area contributed by atoms with Crippen molar-refractivity contribution in [3.05, 3.63) is 97.9 Å². The molecule has 1 aromatic heterocycles. The topological polar surface area (TPSA) is 97.8 Å². The second kappa shape index (κ2) is 10.5. The zero-order chi connectivity index (χ0) is 27.8. The Balaban J connectivity index is 1.97. The highest BCUT2D eigenvalue weighted by Crippen LogP contribution is 2.52. The van der Waals surface area contributed by atoms with Crippen molar-refractivity contribution >= 4 is 34.8 Å². The third-order valence-corrected chi connectivity index (χ3v) is 7.31. The minimum Gasteiger partial charge on any atom is -0.327 e. The van der Waals surface area contributed by atoms with E-state index in [4.69, 9.17) is 23.2 Å². The van der Waals surface area contributed by atoms with Gasteiger partial charge in [0, 0.05) is 34.8 Å². The fraction of sp³-hybridized carbons (Fsp3) is 0.321. The minimum absolute atomic E-state index is 0.000993. The van der Waals surface area contributed by atoms with Crippen molar-refractivity contribution in [2.45, 2.75) is 50.6 Å². The van der Waals surface area contributed by atoms with Crippen LogP contribution in [-0.4, -0.2) is 23.0 Å². The van der Waals surface area contributed by atoms with Crippen LogP contribution >= 0.6 is 23.2 Å². The number of aromatic nitrogens is 1. The van der Waals surface area contributed by atoms with Crippen LogP contribution in [-0.2, 0) is 10.2 Å².